The molecule has 0 bridgehead atoms. The number of nitrogens with one attached hydrogen (secondary N) is 1. The number of carbonyl (C=O) groups is 1. The average molecular weight is 474 g/mol. The fourth-order valence-corrected chi connectivity index (χ4v) is 4.42. The SMILES string of the molecule is Cc1cc(F)c(C(=O)Nc2cccc3c2OC[C@@H](CO)n2ncnc2-3)cc1-n1cnc(C2CC2)c1. The summed E-state index contributed by atoms with van der Waals surface area (Å²) in [5.41, 5.74) is 3.31. The third-order valence-corrected chi connectivity index (χ3v) is 6.46. The molecule has 0 radical (unpaired) electrons. The molecule has 1 amide bonds. The zero-order valence-corrected chi connectivity index (χ0v) is 19.0. The molecule has 2 aromatic heterocycles. The van der Waals surface area contributed by atoms with Crippen LogP contribution < -0.4 is 10.1 Å². The van der Waals surface area contributed by atoms with Gasteiger partial charge in [0.05, 0.1) is 41.1 Å². The van der Waals surface area contributed by atoms with Gasteiger partial charge in [-0.2, -0.15) is 5.10 Å². The van der Waals surface area contributed by atoms with Crippen molar-refractivity contribution >= 4 is 11.6 Å². The molecule has 0 unspecified atom stereocenters. The van der Waals surface area contributed by atoms with E-state index in [0.29, 0.717) is 40.0 Å². The Morgan fingerprint density at radius 1 is 1.29 bits per heavy atom. The Labute approximate surface area is 200 Å². The second kappa shape index (κ2) is 8.31. The number of hydrogen-bond acceptors (Lipinski definition) is 6. The Hall–Kier alpha value is -4.05. The Balaban J connectivity index is 1.34. The molecule has 1 aliphatic heterocycles. The maximum absolute atomic E-state index is 14.9. The van der Waals surface area contributed by atoms with Crippen molar-refractivity contribution in [1.29, 1.82) is 0 Å². The van der Waals surface area contributed by atoms with Crippen molar-refractivity contribution in [3.05, 3.63) is 71.8 Å². The van der Waals surface area contributed by atoms with Crippen LogP contribution in [-0.4, -0.2) is 48.5 Å². The van der Waals surface area contributed by atoms with Crippen molar-refractivity contribution in [3.63, 3.8) is 0 Å². The highest BCUT2D eigenvalue weighted by atomic mass is 19.1. The largest absolute Gasteiger partial charge is 0.488 e. The lowest BCUT2D eigenvalue weighted by molar-refractivity contribution is 0.102. The number of benzene rings is 2. The molecule has 1 atom stereocenters. The average Bonchev–Trinajstić information content (AvgIpc) is 3.43. The number of aromatic nitrogens is 5. The number of anilines is 1. The zero-order valence-electron chi connectivity index (χ0n) is 19.0. The fourth-order valence-electron chi connectivity index (χ4n) is 4.42. The van der Waals surface area contributed by atoms with Crippen molar-refractivity contribution in [2.45, 2.75) is 31.7 Å². The third kappa shape index (κ3) is 3.75. The van der Waals surface area contributed by atoms with Crippen LogP contribution in [0.3, 0.4) is 0 Å². The number of halogens is 1. The molecule has 1 aliphatic carbocycles. The molecule has 6 rings (SSSR count). The molecule has 10 heteroatoms. The number of rotatable bonds is 5. The van der Waals surface area contributed by atoms with Crippen LogP contribution in [-0.2, 0) is 0 Å². The van der Waals surface area contributed by atoms with Crippen molar-refractivity contribution in [2.75, 3.05) is 18.5 Å². The first-order valence-corrected chi connectivity index (χ1v) is 11.5. The highest BCUT2D eigenvalue weighted by Crippen LogP contribution is 2.40. The first-order valence-electron chi connectivity index (χ1n) is 11.5. The molecule has 0 saturated heterocycles. The number of para-hydroxylation sites is 1. The van der Waals surface area contributed by atoms with Gasteiger partial charge >= 0.3 is 0 Å². The monoisotopic (exact) mass is 474 g/mol. The second-order valence-electron chi connectivity index (χ2n) is 8.91. The number of carbonyl (C=O) groups excluding carboxylic acids is 1. The van der Waals surface area contributed by atoms with Crippen LogP contribution in [0, 0.1) is 12.7 Å². The zero-order chi connectivity index (χ0) is 24.1. The van der Waals surface area contributed by atoms with E-state index in [2.05, 4.69) is 20.4 Å². The van der Waals surface area contributed by atoms with E-state index in [1.165, 1.54) is 12.4 Å². The lowest BCUT2D eigenvalue weighted by Gasteiger charge is -2.15. The fraction of sp³-hybridized carbons (Fsp3) is 0.280. The summed E-state index contributed by atoms with van der Waals surface area (Å²) in [5, 5.41) is 16.7. The van der Waals surface area contributed by atoms with E-state index in [9.17, 15) is 14.3 Å². The lowest BCUT2D eigenvalue weighted by atomic mass is 10.1. The highest BCUT2D eigenvalue weighted by molar-refractivity contribution is 6.06. The smallest absolute Gasteiger partial charge is 0.258 e. The van der Waals surface area contributed by atoms with Gasteiger partial charge in [0.1, 0.15) is 24.8 Å². The topological polar surface area (TPSA) is 107 Å². The third-order valence-electron chi connectivity index (χ3n) is 6.46. The predicted octanol–water partition coefficient (Wildman–Crippen LogP) is 3.63. The number of fused-ring (bicyclic) bond motifs is 3. The number of aliphatic hydroxyl groups is 1. The summed E-state index contributed by atoms with van der Waals surface area (Å²) in [6, 6.07) is 7.71. The molecular weight excluding hydrogens is 451 g/mol. The summed E-state index contributed by atoms with van der Waals surface area (Å²) in [6.45, 7) is 1.76. The number of hydrogen-bond donors (Lipinski definition) is 2. The van der Waals surface area contributed by atoms with Crippen LogP contribution in [0.15, 0.2) is 49.2 Å². The van der Waals surface area contributed by atoms with Gasteiger partial charge in [0.15, 0.2) is 11.6 Å². The van der Waals surface area contributed by atoms with E-state index in [4.69, 9.17) is 4.74 Å². The number of amides is 1. The van der Waals surface area contributed by atoms with Crippen molar-refractivity contribution in [3.8, 4) is 22.8 Å². The van der Waals surface area contributed by atoms with Gasteiger partial charge in [-0.3, -0.25) is 4.79 Å². The summed E-state index contributed by atoms with van der Waals surface area (Å²) in [7, 11) is 0. The predicted molar refractivity (Wildman–Crippen MR) is 125 cm³/mol. The molecule has 2 aromatic carbocycles. The minimum atomic E-state index is -0.616. The van der Waals surface area contributed by atoms with Gasteiger partial charge in [-0.15, -0.1) is 0 Å². The Morgan fingerprint density at radius 2 is 2.14 bits per heavy atom. The van der Waals surface area contributed by atoms with E-state index in [0.717, 1.165) is 18.5 Å². The summed E-state index contributed by atoms with van der Waals surface area (Å²) in [6.07, 6.45) is 7.32. The van der Waals surface area contributed by atoms with Gasteiger partial charge in [-0.25, -0.2) is 19.0 Å². The number of aliphatic hydroxyl groups excluding tert-OH is 1. The molecular formula is C25H23FN6O3. The maximum atomic E-state index is 14.9. The first-order chi connectivity index (χ1) is 17.0. The molecule has 1 saturated carbocycles. The van der Waals surface area contributed by atoms with E-state index >= 15 is 0 Å². The quantitative estimate of drug-likeness (QED) is 0.457. The normalized spacial score (nSPS) is 16.7. The van der Waals surface area contributed by atoms with E-state index < -0.39 is 17.8 Å². The van der Waals surface area contributed by atoms with Crippen LogP contribution >= 0.6 is 0 Å². The van der Waals surface area contributed by atoms with Crippen molar-refractivity contribution < 1.29 is 19.0 Å². The molecule has 4 aromatic rings. The molecule has 1 fully saturated rings. The van der Waals surface area contributed by atoms with Crippen LogP contribution in [0.4, 0.5) is 10.1 Å². The molecule has 2 aliphatic rings. The van der Waals surface area contributed by atoms with Gasteiger partial charge in [-0.05, 0) is 49.6 Å². The Kier molecular flexibility index (Phi) is 5.10. The van der Waals surface area contributed by atoms with Crippen LogP contribution in [0.2, 0.25) is 0 Å². The molecule has 35 heavy (non-hydrogen) atoms. The summed E-state index contributed by atoms with van der Waals surface area (Å²) in [4.78, 5) is 22.0. The second-order valence-corrected chi connectivity index (χ2v) is 8.91. The van der Waals surface area contributed by atoms with Crippen LogP contribution in [0.25, 0.3) is 17.1 Å². The van der Waals surface area contributed by atoms with Gasteiger partial charge in [0.25, 0.3) is 5.91 Å². The number of ether oxygens (including phenoxy) is 1. The molecule has 9 nitrogen and oxygen atoms in total. The van der Waals surface area contributed by atoms with Crippen LogP contribution in [0.5, 0.6) is 5.75 Å². The molecule has 0 spiro atoms. The van der Waals surface area contributed by atoms with Gasteiger partial charge in [0, 0.05) is 12.1 Å². The Bertz CT molecular complexity index is 1440. The lowest BCUT2D eigenvalue weighted by Crippen LogP contribution is -2.21. The maximum Gasteiger partial charge on any atom is 0.258 e. The molecule has 3 heterocycles. The first kappa shape index (κ1) is 21.5. The number of imidazole rings is 1. The minimum absolute atomic E-state index is 0.0881. The number of aryl methyl sites for hydroxylation is 1. The Morgan fingerprint density at radius 3 is 2.94 bits per heavy atom. The standard InChI is InChI=1S/C25H23FN6O3/c1-14-7-19(26)18(8-22(14)31-9-21(28-13-31)15-5-6-15)25(34)30-20-4-2-3-17-23(20)35-11-16(10-33)32-24(17)27-12-29-32/h2-4,7-9,12-13,15-16,33H,5-6,10-11H2,1H3,(H,30,34)/t16-/m1/s1. The molecule has 178 valence electrons. The summed E-state index contributed by atoms with van der Waals surface area (Å²) in [5.74, 6) is 0.178. The summed E-state index contributed by atoms with van der Waals surface area (Å²) >= 11 is 0. The van der Waals surface area contributed by atoms with E-state index in [-0.39, 0.29) is 18.8 Å². The van der Waals surface area contributed by atoms with Gasteiger partial charge in [0.2, 0.25) is 0 Å². The molecule has 2 N–H and O–H groups in total. The van der Waals surface area contributed by atoms with Gasteiger partial charge in [-0.1, -0.05) is 6.07 Å². The number of nitrogens with zero attached hydrogens (tertiary/aromatic N) is 5. The minimum Gasteiger partial charge on any atom is -0.488 e. The van der Waals surface area contributed by atoms with Crippen LogP contribution in [0.1, 0.15) is 46.4 Å². The van der Waals surface area contributed by atoms with Crippen molar-refractivity contribution in [2.24, 2.45) is 0 Å². The summed E-state index contributed by atoms with van der Waals surface area (Å²) < 4.78 is 24.3. The van der Waals surface area contributed by atoms with E-state index in [1.54, 1.807) is 42.2 Å². The highest BCUT2D eigenvalue weighted by Gasteiger charge is 2.28. The van der Waals surface area contributed by atoms with Crippen molar-refractivity contribution in [1.82, 2.24) is 24.3 Å². The van der Waals surface area contributed by atoms with E-state index in [1.807, 2.05) is 10.8 Å². The van der Waals surface area contributed by atoms with Gasteiger partial charge < -0.3 is 19.7 Å².